The number of carbonyl (C=O) groups is 1. The van der Waals surface area contributed by atoms with E-state index >= 15 is 0 Å². The largest absolute Gasteiger partial charge is 0.287 e. The molecule has 94 valence electrons. The molecule has 18 heavy (non-hydrogen) atoms. The average molecular weight is 330 g/mol. The highest BCUT2D eigenvalue weighted by molar-refractivity contribution is 9.10. The molecule has 0 aromatic carbocycles. The lowest BCUT2D eigenvalue weighted by atomic mass is 10.2. The van der Waals surface area contributed by atoms with Gasteiger partial charge in [-0.1, -0.05) is 11.6 Å². The number of carbonyl (C=O) groups excluding carboxylic acids is 1. The highest BCUT2D eigenvalue weighted by Crippen LogP contribution is 2.18. The summed E-state index contributed by atoms with van der Waals surface area (Å²) in [7, 11) is 3.51. The number of hydrogen-bond acceptors (Lipinski definition) is 3. The molecule has 0 N–H and O–H groups in total. The predicted molar refractivity (Wildman–Crippen MR) is 72.5 cm³/mol. The van der Waals surface area contributed by atoms with Crippen LogP contribution in [-0.4, -0.2) is 25.3 Å². The molecule has 7 heteroatoms. The van der Waals surface area contributed by atoms with Gasteiger partial charge in [0.15, 0.2) is 5.69 Å². The van der Waals surface area contributed by atoms with Gasteiger partial charge in [0, 0.05) is 20.3 Å². The lowest BCUT2D eigenvalue weighted by Gasteiger charge is -1.95. The maximum atomic E-state index is 11.9. The van der Waals surface area contributed by atoms with E-state index in [9.17, 15) is 4.79 Å². The predicted octanol–water partition coefficient (Wildman–Crippen LogP) is 2.47. The minimum absolute atomic E-state index is 0.242. The molecular formula is C11H10BrClN4O. The van der Waals surface area contributed by atoms with Crippen LogP contribution in [0.5, 0.6) is 0 Å². The summed E-state index contributed by atoms with van der Waals surface area (Å²) in [4.78, 5) is 11.9. The Balaban J connectivity index is 2.25. The third kappa shape index (κ3) is 2.54. The number of hydrogen-bond donors (Lipinski definition) is 0. The van der Waals surface area contributed by atoms with E-state index < -0.39 is 0 Å². The number of nitrogens with zero attached hydrogens (tertiary/aromatic N) is 4. The third-order valence-electron chi connectivity index (χ3n) is 2.35. The summed E-state index contributed by atoms with van der Waals surface area (Å²) in [5.74, 6) is -0.242. The molecule has 0 atom stereocenters. The fraction of sp³-hybridized carbons (Fsp3) is 0.182. The molecule has 0 aliphatic rings. The van der Waals surface area contributed by atoms with E-state index in [1.807, 2.05) is 0 Å². The van der Waals surface area contributed by atoms with Crippen molar-refractivity contribution < 1.29 is 4.79 Å². The summed E-state index contributed by atoms with van der Waals surface area (Å²) in [6.07, 6.45) is 6.35. The van der Waals surface area contributed by atoms with Gasteiger partial charge in [-0.15, -0.1) is 0 Å². The van der Waals surface area contributed by atoms with Crippen LogP contribution in [0.3, 0.4) is 0 Å². The summed E-state index contributed by atoms with van der Waals surface area (Å²) >= 11 is 9.25. The second kappa shape index (κ2) is 5.07. The molecule has 2 aromatic rings. The third-order valence-corrected chi connectivity index (χ3v) is 3.24. The Bertz CT molecular complexity index is 610. The fourth-order valence-electron chi connectivity index (χ4n) is 1.47. The van der Waals surface area contributed by atoms with E-state index in [0.29, 0.717) is 5.02 Å². The smallest absolute Gasteiger partial charge is 0.207 e. The van der Waals surface area contributed by atoms with Crippen molar-refractivity contribution >= 4 is 39.4 Å². The number of halogens is 2. The lowest BCUT2D eigenvalue weighted by molar-refractivity contribution is 0.104. The van der Waals surface area contributed by atoms with Crippen molar-refractivity contribution in [2.45, 2.75) is 0 Å². The normalized spacial score (nSPS) is 11.3. The highest BCUT2D eigenvalue weighted by Gasteiger charge is 2.12. The van der Waals surface area contributed by atoms with E-state index in [2.05, 4.69) is 26.1 Å². The topological polar surface area (TPSA) is 52.7 Å². The van der Waals surface area contributed by atoms with E-state index in [1.54, 1.807) is 37.2 Å². The molecule has 2 rings (SSSR count). The van der Waals surface area contributed by atoms with Gasteiger partial charge in [0.2, 0.25) is 5.78 Å². The van der Waals surface area contributed by atoms with Crippen molar-refractivity contribution in [1.29, 1.82) is 0 Å². The minimum atomic E-state index is -0.242. The van der Waals surface area contributed by atoms with Gasteiger partial charge in [0.1, 0.15) is 0 Å². The van der Waals surface area contributed by atoms with Gasteiger partial charge in [-0.25, -0.2) is 0 Å². The second-order valence-corrected chi connectivity index (χ2v) is 4.96. The monoisotopic (exact) mass is 328 g/mol. The first-order chi connectivity index (χ1) is 8.49. The van der Waals surface area contributed by atoms with Crippen molar-refractivity contribution in [3.05, 3.63) is 39.4 Å². The van der Waals surface area contributed by atoms with Crippen LogP contribution in [0.1, 0.15) is 16.2 Å². The van der Waals surface area contributed by atoms with Gasteiger partial charge in [0.05, 0.1) is 21.4 Å². The van der Waals surface area contributed by atoms with Gasteiger partial charge in [-0.3, -0.25) is 14.2 Å². The van der Waals surface area contributed by atoms with Gasteiger partial charge < -0.3 is 0 Å². The molecule has 0 saturated carbocycles. The molecule has 0 spiro atoms. The van der Waals surface area contributed by atoms with Crippen LogP contribution in [-0.2, 0) is 14.1 Å². The SMILES string of the molecule is Cn1cc(Cl)c(C(=O)/C=C/c2c(Br)cnn2C)n1. The Morgan fingerprint density at radius 3 is 2.72 bits per heavy atom. The molecule has 0 unspecified atom stereocenters. The number of rotatable bonds is 3. The molecule has 0 aliphatic heterocycles. The molecule has 0 amide bonds. The molecule has 5 nitrogen and oxygen atoms in total. The summed E-state index contributed by atoms with van der Waals surface area (Å²) < 4.78 is 3.98. The van der Waals surface area contributed by atoms with Crippen LogP contribution in [0.2, 0.25) is 5.02 Å². The Morgan fingerprint density at radius 1 is 1.50 bits per heavy atom. The first-order valence-corrected chi connectivity index (χ1v) is 6.25. The van der Waals surface area contributed by atoms with E-state index in [1.165, 1.54) is 10.8 Å². The van der Waals surface area contributed by atoms with Crippen molar-refractivity contribution in [1.82, 2.24) is 19.6 Å². The molecular weight excluding hydrogens is 320 g/mol. The summed E-state index contributed by atoms with van der Waals surface area (Å²) in [6, 6.07) is 0. The summed E-state index contributed by atoms with van der Waals surface area (Å²) in [6.45, 7) is 0. The number of allylic oxidation sites excluding steroid dienone is 1. The average Bonchev–Trinajstić information content (AvgIpc) is 2.80. The van der Waals surface area contributed by atoms with Crippen LogP contribution in [0, 0.1) is 0 Å². The van der Waals surface area contributed by atoms with Crippen LogP contribution >= 0.6 is 27.5 Å². The zero-order chi connectivity index (χ0) is 13.3. The van der Waals surface area contributed by atoms with Crippen LogP contribution in [0.15, 0.2) is 22.9 Å². The quantitative estimate of drug-likeness (QED) is 0.642. The Hall–Kier alpha value is -1.40. The number of ketones is 1. The zero-order valence-electron chi connectivity index (χ0n) is 9.76. The highest BCUT2D eigenvalue weighted by atomic mass is 79.9. The van der Waals surface area contributed by atoms with Crippen LogP contribution in [0.25, 0.3) is 6.08 Å². The molecule has 2 heterocycles. The van der Waals surface area contributed by atoms with Gasteiger partial charge in [0.25, 0.3) is 0 Å². The van der Waals surface area contributed by atoms with Crippen LogP contribution < -0.4 is 0 Å². The van der Waals surface area contributed by atoms with E-state index in [-0.39, 0.29) is 11.5 Å². The second-order valence-electron chi connectivity index (χ2n) is 3.70. The van der Waals surface area contributed by atoms with Crippen molar-refractivity contribution in [2.75, 3.05) is 0 Å². The zero-order valence-corrected chi connectivity index (χ0v) is 12.1. The van der Waals surface area contributed by atoms with Gasteiger partial charge >= 0.3 is 0 Å². The molecule has 0 fully saturated rings. The maximum Gasteiger partial charge on any atom is 0.207 e. The van der Waals surface area contributed by atoms with Crippen molar-refractivity contribution in [3.63, 3.8) is 0 Å². The molecule has 0 radical (unpaired) electrons. The lowest BCUT2D eigenvalue weighted by Crippen LogP contribution is -1.99. The number of aryl methyl sites for hydroxylation is 2. The standard InChI is InChI=1S/C11H10BrClN4O/c1-16-6-8(13)11(15-16)10(18)4-3-9-7(12)5-14-17(9)2/h3-6H,1-2H3/b4-3+. The minimum Gasteiger partial charge on any atom is -0.287 e. The van der Waals surface area contributed by atoms with Crippen molar-refractivity contribution in [3.8, 4) is 0 Å². The van der Waals surface area contributed by atoms with Gasteiger partial charge in [-0.2, -0.15) is 10.2 Å². The number of aromatic nitrogens is 4. The van der Waals surface area contributed by atoms with E-state index in [0.717, 1.165) is 10.2 Å². The maximum absolute atomic E-state index is 11.9. The van der Waals surface area contributed by atoms with E-state index in [4.69, 9.17) is 11.6 Å². The van der Waals surface area contributed by atoms with Crippen LogP contribution in [0.4, 0.5) is 0 Å². The molecule has 0 aliphatic carbocycles. The summed E-state index contributed by atoms with van der Waals surface area (Å²) in [5.41, 5.74) is 1.05. The Morgan fingerprint density at radius 2 is 2.22 bits per heavy atom. The van der Waals surface area contributed by atoms with Gasteiger partial charge in [-0.05, 0) is 28.1 Å². The molecule has 0 saturated heterocycles. The fourth-order valence-corrected chi connectivity index (χ4v) is 2.22. The molecule has 0 bridgehead atoms. The Labute approximate surface area is 117 Å². The molecule has 2 aromatic heterocycles. The Kier molecular flexibility index (Phi) is 3.68. The summed E-state index contributed by atoms with van der Waals surface area (Å²) in [5, 5.41) is 8.40. The van der Waals surface area contributed by atoms with Crippen molar-refractivity contribution in [2.24, 2.45) is 14.1 Å². The first-order valence-electron chi connectivity index (χ1n) is 5.08. The first kappa shape index (κ1) is 13.0.